The van der Waals surface area contributed by atoms with E-state index in [2.05, 4.69) is 46.1 Å². The maximum Gasteiger partial charge on any atom is 0.208 e. The van der Waals surface area contributed by atoms with Crippen LogP contribution in [-0.4, -0.2) is 49.4 Å². The molecule has 0 aliphatic carbocycles. The molecule has 0 aliphatic rings. The smallest absolute Gasteiger partial charge is 0.208 e. The van der Waals surface area contributed by atoms with Crippen molar-refractivity contribution in [2.24, 2.45) is 5.73 Å². The van der Waals surface area contributed by atoms with E-state index in [-0.39, 0.29) is 34.8 Å². The highest BCUT2D eigenvalue weighted by Crippen LogP contribution is 2.36. The van der Waals surface area contributed by atoms with Gasteiger partial charge >= 0.3 is 0 Å². The largest absolute Gasteiger partial charge is 0.507 e. The summed E-state index contributed by atoms with van der Waals surface area (Å²) >= 11 is 14.3. The maximum absolute atomic E-state index is 11.5. The Balaban J connectivity index is 0.000000164. The van der Waals surface area contributed by atoms with Crippen molar-refractivity contribution >= 4 is 112 Å². The summed E-state index contributed by atoms with van der Waals surface area (Å²) < 4.78 is 27.0. The van der Waals surface area contributed by atoms with E-state index in [0.29, 0.717) is 33.2 Å². The Morgan fingerprint density at radius 1 is 0.671 bits per heavy atom. The summed E-state index contributed by atoms with van der Waals surface area (Å²) in [6.45, 7) is 10.3. The van der Waals surface area contributed by atoms with Crippen LogP contribution in [0.15, 0.2) is 161 Å². The lowest BCUT2D eigenvalue weighted by Crippen LogP contribution is -2.07. The average molecular weight is 1060 g/mol. The van der Waals surface area contributed by atoms with Gasteiger partial charge in [0.05, 0.1) is 29.3 Å². The van der Waals surface area contributed by atoms with Crippen LogP contribution in [0.5, 0.6) is 5.75 Å². The molecular formula is C54H48BrClN2O10S2. The van der Waals surface area contributed by atoms with Gasteiger partial charge in [-0.05, 0) is 89.2 Å². The van der Waals surface area contributed by atoms with Gasteiger partial charge in [-0.15, -0.1) is 22.9 Å². The molecule has 4 aromatic carbocycles. The van der Waals surface area contributed by atoms with Gasteiger partial charge in [0, 0.05) is 45.2 Å². The quantitative estimate of drug-likeness (QED) is 0.0830. The third-order valence-electron chi connectivity index (χ3n) is 9.93. The number of alkyl halides is 2. The van der Waals surface area contributed by atoms with Crippen LogP contribution in [0, 0.1) is 20.8 Å². The van der Waals surface area contributed by atoms with Gasteiger partial charge in [0.15, 0.2) is 45.4 Å². The average Bonchev–Trinajstić information content (AvgIpc) is 4.24. The number of Topliss-reactive ketones (excluding diaryl/α,β-unsaturated/α-hetero) is 4. The first-order chi connectivity index (χ1) is 33.6. The highest BCUT2D eigenvalue weighted by molar-refractivity contribution is 9.09. The molecule has 10 rings (SSSR count). The fourth-order valence-corrected chi connectivity index (χ4v) is 7.65. The number of hydrogen-bond acceptors (Lipinski definition) is 13. The fourth-order valence-electron chi connectivity index (χ4n) is 6.51. The third kappa shape index (κ3) is 14.2. The number of carbonyl (C=O) groups excluding carboxylic acids is 4. The monoisotopic (exact) mass is 1060 g/mol. The lowest BCUT2D eigenvalue weighted by molar-refractivity contribution is -0.114. The predicted octanol–water partition coefficient (Wildman–Crippen LogP) is 14.7. The number of aromatic hydroxyl groups is 1. The first-order valence-corrected chi connectivity index (χ1v) is 24.2. The minimum absolute atomic E-state index is 0.0151. The number of thiazole rings is 1. The van der Waals surface area contributed by atoms with Crippen LogP contribution in [0.4, 0.5) is 0 Å². The second-order valence-electron chi connectivity index (χ2n) is 15.0. The highest BCUT2D eigenvalue weighted by atomic mass is 79.9. The number of phenolic OH excluding ortho intramolecular Hbond substituents is 1. The number of ketones is 4. The predicted molar refractivity (Wildman–Crippen MR) is 284 cm³/mol. The summed E-state index contributed by atoms with van der Waals surface area (Å²) in [7, 11) is 0. The lowest BCUT2D eigenvalue weighted by Gasteiger charge is -1.96. The maximum atomic E-state index is 11.5. The van der Waals surface area contributed by atoms with Crippen LogP contribution in [0.1, 0.15) is 74.7 Å². The fraction of sp³-hybridized carbons (Fsp3) is 0.148. The van der Waals surface area contributed by atoms with Crippen LogP contribution in [0.2, 0.25) is 0 Å². The number of halogens is 2. The summed E-state index contributed by atoms with van der Waals surface area (Å²) in [5.74, 6) is 3.19. The molecule has 16 heteroatoms. The van der Waals surface area contributed by atoms with Crippen molar-refractivity contribution in [3.63, 3.8) is 0 Å². The van der Waals surface area contributed by atoms with Gasteiger partial charge in [0.1, 0.15) is 39.0 Å². The molecule has 3 N–H and O–H groups in total. The highest BCUT2D eigenvalue weighted by Gasteiger charge is 2.18. The van der Waals surface area contributed by atoms with Crippen LogP contribution < -0.4 is 5.73 Å². The molecule has 12 nitrogen and oxygen atoms in total. The number of hydrogen-bond donors (Lipinski definition) is 2. The van der Waals surface area contributed by atoms with Crippen molar-refractivity contribution in [2.75, 3.05) is 11.2 Å². The molecule has 0 aliphatic heterocycles. The summed E-state index contributed by atoms with van der Waals surface area (Å²) in [6.07, 6.45) is 3.19. The minimum atomic E-state index is -0.113. The number of carbonyl (C=O) groups is 4. The number of fused-ring (bicyclic) bond motifs is 3. The number of benzene rings is 4. The van der Waals surface area contributed by atoms with E-state index in [1.165, 1.54) is 33.1 Å². The molecule has 0 bridgehead atoms. The summed E-state index contributed by atoms with van der Waals surface area (Å²) in [5, 5.41) is 15.4. The number of nitrogens with two attached hydrogens (primary N) is 1. The zero-order valence-electron chi connectivity index (χ0n) is 38.9. The van der Waals surface area contributed by atoms with Gasteiger partial charge in [-0.3, -0.25) is 19.2 Å². The molecule has 0 spiro atoms. The Hall–Kier alpha value is -7.17. The van der Waals surface area contributed by atoms with Gasteiger partial charge < -0.3 is 32.9 Å². The van der Waals surface area contributed by atoms with Gasteiger partial charge in [-0.1, -0.05) is 94.9 Å². The number of thiocarbonyl (C=S) groups is 1. The van der Waals surface area contributed by atoms with Crippen LogP contribution in [-0.2, 0) is 4.79 Å². The zero-order valence-corrected chi connectivity index (χ0v) is 42.9. The van der Waals surface area contributed by atoms with Gasteiger partial charge in [-0.2, -0.15) is 0 Å². The van der Waals surface area contributed by atoms with E-state index in [4.69, 9.17) is 44.5 Å². The van der Waals surface area contributed by atoms with Crippen molar-refractivity contribution in [1.29, 1.82) is 0 Å². The van der Waals surface area contributed by atoms with E-state index >= 15 is 0 Å². The summed E-state index contributed by atoms with van der Waals surface area (Å²) in [4.78, 5) is 47.9. The number of para-hydroxylation sites is 4. The van der Waals surface area contributed by atoms with E-state index in [9.17, 15) is 19.2 Å². The third-order valence-corrected chi connectivity index (χ3v) is 11.9. The molecule has 10 aromatic rings. The number of aromatic nitrogens is 1. The Kier molecular flexibility index (Phi) is 20.0. The Morgan fingerprint density at radius 3 is 1.60 bits per heavy atom. The molecule has 6 aromatic heterocycles. The van der Waals surface area contributed by atoms with Crippen LogP contribution in [0.25, 0.3) is 55.1 Å². The lowest BCUT2D eigenvalue weighted by atomic mass is 10.1. The molecule has 0 amide bonds. The molecule has 360 valence electrons. The molecule has 6 heterocycles. The van der Waals surface area contributed by atoms with Crippen molar-refractivity contribution in [2.45, 2.75) is 41.5 Å². The van der Waals surface area contributed by atoms with Gasteiger partial charge in [0.2, 0.25) is 5.78 Å². The summed E-state index contributed by atoms with van der Waals surface area (Å²) in [5.41, 5.74) is 11.9. The van der Waals surface area contributed by atoms with Crippen molar-refractivity contribution in [3.8, 4) is 28.0 Å². The Morgan fingerprint density at radius 2 is 1.17 bits per heavy atom. The van der Waals surface area contributed by atoms with E-state index in [1.54, 1.807) is 47.9 Å². The first-order valence-electron chi connectivity index (χ1n) is 21.3. The SMILES string of the molecule is CC(=O)CCl.CC(=O)c1ccccc1O.CC(=O)c1oc2ccccc2c1C.Cc1c(-c2csc(-c3ccco3)n2)oc2ccccc12.Cc1c(C(=O)CBr)oc2ccccc12.NC(=S)c1ccco1. The van der Waals surface area contributed by atoms with Crippen molar-refractivity contribution in [1.82, 2.24) is 4.98 Å². The molecule has 70 heavy (non-hydrogen) atoms. The second kappa shape index (κ2) is 26.0. The molecule has 0 saturated carbocycles. The molecule has 0 unspecified atom stereocenters. The number of furan rings is 5. The van der Waals surface area contributed by atoms with E-state index in [1.807, 2.05) is 98.1 Å². The molecule has 0 radical (unpaired) electrons. The van der Waals surface area contributed by atoms with Crippen LogP contribution in [0.3, 0.4) is 0 Å². The zero-order chi connectivity index (χ0) is 50.9. The number of phenols is 1. The standard InChI is InChI=1S/C16H11NO2S.C11H9BrO2.C11H10O2.C8H8O2.C5H5NOS.C3H5ClO/c1-10-11-5-2-3-6-13(11)19-15(10)12-9-20-16(17-12)14-7-4-8-18-14;1-7-8-4-2-3-5-10(8)14-11(7)9(13)6-12;1-7-9-5-3-4-6-10(9)13-11(7)8(2)12;1-6(9)7-4-2-3-5-8(7)10;6-5(8)4-2-1-3-7-4;1-3(5)2-4/h2-9H,1H3;2-5H,6H2,1H3;3-6H,1-2H3;2-5,10H,1H3;1-3H,(H2,6,8);2H2,1H3. The second-order valence-corrected chi connectivity index (χ2v) is 17.2. The summed E-state index contributed by atoms with van der Waals surface area (Å²) in [6, 6.07) is 37.1. The number of rotatable bonds is 8. The Labute approximate surface area is 426 Å². The number of aryl methyl sites for hydroxylation is 3. The first kappa shape index (κ1) is 53.8. The van der Waals surface area contributed by atoms with Crippen molar-refractivity contribution < 1.29 is 46.4 Å². The molecule has 0 atom stereocenters. The Bertz CT molecular complexity index is 3350. The van der Waals surface area contributed by atoms with Crippen LogP contribution >= 0.6 is 51.1 Å². The van der Waals surface area contributed by atoms with Gasteiger partial charge in [-0.25, -0.2) is 4.98 Å². The van der Waals surface area contributed by atoms with E-state index in [0.717, 1.165) is 71.8 Å². The topological polar surface area (TPSA) is 193 Å². The minimum Gasteiger partial charge on any atom is -0.507 e. The number of nitrogens with zero attached hydrogens (tertiary/aromatic N) is 1. The van der Waals surface area contributed by atoms with Gasteiger partial charge in [0.25, 0.3) is 0 Å². The molecule has 0 saturated heterocycles. The molecule has 0 fully saturated rings. The van der Waals surface area contributed by atoms with E-state index < -0.39 is 0 Å². The normalized spacial score (nSPS) is 10.2. The van der Waals surface area contributed by atoms with Crippen molar-refractivity contribution in [3.05, 3.63) is 179 Å². The molecular weight excluding hydrogens is 1020 g/mol.